The van der Waals surface area contributed by atoms with E-state index in [0.717, 1.165) is 36.8 Å². The van der Waals surface area contributed by atoms with E-state index in [1.807, 2.05) is 6.07 Å². The maximum absolute atomic E-state index is 14.3. The number of hydrogen-bond acceptors (Lipinski definition) is 2. The van der Waals surface area contributed by atoms with Crippen molar-refractivity contribution >= 4 is 5.69 Å². The van der Waals surface area contributed by atoms with Crippen LogP contribution in [0.5, 0.6) is 0 Å². The molecule has 0 saturated heterocycles. The maximum Gasteiger partial charge on any atom is 0.146 e. The van der Waals surface area contributed by atoms with Gasteiger partial charge in [0.05, 0.1) is 5.69 Å². The molecule has 0 unspecified atom stereocenters. The smallest absolute Gasteiger partial charge is 0.146 e. The second-order valence-corrected chi connectivity index (χ2v) is 5.72. The van der Waals surface area contributed by atoms with Crippen molar-refractivity contribution in [1.82, 2.24) is 5.32 Å². The second kappa shape index (κ2) is 6.38. The summed E-state index contributed by atoms with van der Waals surface area (Å²) in [6.07, 6.45) is 2.58. The van der Waals surface area contributed by atoms with E-state index in [4.69, 9.17) is 0 Å². The lowest BCUT2D eigenvalue weighted by Crippen LogP contribution is -2.34. The molecule has 0 heterocycles. The molecule has 0 aliphatic heterocycles. The quantitative estimate of drug-likeness (QED) is 0.810. The summed E-state index contributed by atoms with van der Waals surface area (Å²) in [5, 5.41) is 3.30. The van der Waals surface area contributed by atoms with E-state index in [1.165, 1.54) is 12.8 Å². The van der Waals surface area contributed by atoms with Gasteiger partial charge in [0.15, 0.2) is 0 Å². The van der Waals surface area contributed by atoms with E-state index >= 15 is 0 Å². The number of rotatable bonds is 7. The molecule has 3 heteroatoms. The van der Waals surface area contributed by atoms with Crippen molar-refractivity contribution in [3.63, 3.8) is 0 Å². The van der Waals surface area contributed by atoms with Gasteiger partial charge in [0.2, 0.25) is 0 Å². The molecule has 0 bridgehead atoms. The van der Waals surface area contributed by atoms with Gasteiger partial charge in [-0.3, -0.25) is 0 Å². The number of halogens is 1. The van der Waals surface area contributed by atoms with Crippen molar-refractivity contribution in [3.8, 4) is 0 Å². The Balaban J connectivity index is 2.27. The lowest BCUT2D eigenvalue weighted by molar-refractivity contribution is 0.581. The van der Waals surface area contributed by atoms with Crippen LogP contribution in [-0.2, 0) is 6.54 Å². The first-order valence-electron chi connectivity index (χ1n) is 7.38. The van der Waals surface area contributed by atoms with Gasteiger partial charge in [0.25, 0.3) is 0 Å². The first-order valence-corrected chi connectivity index (χ1v) is 7.38. The van der Waals surface area contributed by atoms with Crippen LogP contribution in [0.2, 0.25) is 0 Å². The van der Waals surface area contributed by atoms with Crippen molar-refractivity contribution in [1.29, 1.82) is 0 Å². The van der Waals surface area contributed by atoms with Crippen LogP contribution in [0.1, 0.15) is 39.2 Å². The van der Waals surface area contributed by atoms with Gasteiger partial charge in [-0.2, -0.15) is 0 Å². The SMILES string of the molecule is CCNCc1cccc(F)c1N(CC1CC1)C(C)C. The second-order valence-electron chi connectivity index (χ2n) is 5.72. The molecule has 0 spiro atoms. The Morgan fingerprint density at radius 3 is 2.68 bits per heavy atom. The van der Waals surface area contributed by atoms with E-state index in [-0.39, 0.29) is 5.82 Å². The number of anilines is 1. The first-order chi connectivity index (χ1) is 9.13. The average Bonchev–Trinajstić information content (AvgIpc) is 3.18. The van der Waals surface area contributed by atoms with Gasteiger partial charge in [-0.05, 0) is 50.8 Å². The third-order valence-corrected chi connectivity index (χ3v) is 3.70. The van der Waals surface area contributed by atoms with Crippen LogP contribution in [-0.4, -0.2) is 19.1 Å². The minimum atomic E-state index is -0.0928. The van der Waals surface area contributed by atoms with E-state index in [2.05, 4.69) is 31.0 Å². The Hall–Kier alpha value is -1.09. The molecule has 0 amide bonds. The van der Waals surface area contributed by atoms with Crippen LogP contribution in [0.3, 0.4) is 0 Å². The Kier molecular flexibility index (Phi) is 4.81. The van der Waals surface area contributed by atoms with Crippen LogP contribution in [0, 0.1) is 11.7 Å². The molecule has 0 atom stereocenters. The number of nitrogens with zero attached hydrogens (tertiary/aromatic N) is 1. The molecular formula is C16H25FN2. The molecule has 106 valence electrons. The van der Waals surface area contributed by atoms with Crippen LogP contribution < -0.4 is 10.2 Å². The molecule has 1 aromatic carbocycles. The summed E-state index contributed by atoms with van der Waals surface area (Å²) in [5.74, 6) is 0.666. The zero-order chi connectivity index (χ0) is 13.8. The molecule has 2 nitrogen and oxygen atoms in total. The Morgan fingerprint density at radius 1 is 1.37 bits per heavy atom. The molecule has 1 aromatic rings. The third kappa shape index (κ3) is 3.69. The van der Waals surface area contributed by atoms with Crippen LogP contribution >= 0.6 is 0 Å². The number of nitrogens with one attached hydrogen (secondary N) is 1. The molecule has 1 saturated carbocycles. The lowest BCUT2D eigenvalue weighted by Gasteiger charge is -2.31. The highest BCUT2D eigenvalue weighted by molar-refractivity contribution is 5.55. The minimum Gasteiger partial charge on any atom is -0.366 e. The number of para-hydroxylation sites is 1. The zero-order valence-electron chi connectivity index (χ0n) is 12.2. The summed E-state index contributed by atoms with van der Waals surface area (Å²) in [6.45, 7) is 8.98. The highest BCUT2D eigenvalue weighted by Crippen LogP contribution is 2.34. The van der Waals surface area contributed by atoms with Crippen molar-refractivity contribution in [2.75, 3.05) is 18.0 Å². The first kappa shape index (κ1) is 14.3. The molecule has 19 heavy (non-hydrogen) atoms. The van der Waals surface area contributed by atoms with E-state index in [9.17, 15) is 4.39 Å². The molecule has 1 aliphatic carbocycles. The van der Waals surface area contributed by atoms with Crippen molar-refractivity contribution in [2.45, 2.75) is 46.2 Å². The van der Waals surface area contributed by atoms with Gasteiger partial charge in [-0.1, -0.05) is 19.1 Å². The highest BCUT2D eigenvalue weighted by Gasteiger charge is 2.28. The van der Waals surface area contributed by atoms with Gasteiger partial charge < -0.3 is 10.2 Å². The van der Waals surface area contributed by atoms with Crippen molar-refractivity contribution < 1.29 is 4.39 Å². The van der Waals surface area contributed by atoms with Crippen molar-refractivity contribution in [2.24, 2.45) is 5.92 Å². The lowest BCUT2D eigenvalue weighted by atomic mass is 10.1. The molecule has 0 aromatic heterocycles. The van der Waals surface area contributed by atoms with Gasteiger partial charge in [-0.15, -0.1) is 0 Å². The largest absolute Gasteiger partial charge is 0.366 e. The normalized spacial score (nSPS) is 15.0. The topological polar surface area (TPSA) is 15.3 Å². The summed E-state index contributed by atoms with van der Waals surface area (Å²) >= 11 is 0. The fourth-order valence-corrected chi connectivity index (χ4v) is 2.42. The van der Waals surface area contributed by atoms with Gasteiger partial charge in [0, 0.05) is 19.1 Å². The van der Waals surface area contributed by atoms with Gasteiger partial charge in [0.1, 0.15) is 5.82 Å². The Labute approximate surface area is 116 Å². The molecule has 2 rings (SSSR count). The molecule has 1 fully saturated rings. The highest BCUT2D eigenvalue weighted by atomic mass is 19.1. The average molecular weight is 264 g/mol. The number of hydrogen-bond donors (Lipinski definition) is 1. The minimum absolute atomic E-state index is 0.0928. The molecule has 1 N–H and O–H groups in total. The van der Waals surface area contributed by atoms with Crippen LogP contribution in [0.25, 0.3) is 0 Å². The predicted molar refractivity (Wildman–Crippen MR) is 79.0 cm³/mol. The summed E-state index contributed by atoms with van der Waals surface area (Å²) in [6, 6.07) is 5.75. The van der Waals surface area contributed by atoms with E-state index in [1.54, 1.807) is 12.1 Å². The molecular weight excluding hydrogens is 239 g/mol. The monoisotopic (exact) mass is 264 g/mol. The maximum atomic E-state index is 14.3. The Bertz CT molecular complexity index is 413. The summed E-state index contributed by atoms with van der Waals surface area (Å²) in [7, 11) is 0. The van der Waals surface area contributed by atoms with E-state index in [0.29, 0.717) is 6.04 Å². The molecule has 1 aliphatic rings. The fraction of sp³-hybridized carbons (Fsp3) is 0.625. The van der Waals surface area contributed by atoms with Crippen LogP contribution in [0.4, 0.5) is 10.1 Å². The Morgan fingerprint density at radius 2 is 2.11 bits per heavy atom. The van der Waals surface area contributed by atoms with Gasteiger partial charge in [-0.25, -0.2) is 4.39 Å². The third-order valence-electron chi connectivity index (χ3n) is 3.70. The van der Waals surface area contributed by atoms with Gasteiger partial charge >= 0.3 is 0 Å². The standard InChI is InChI=1S/C16H25FN2/c1-4-18-10-14-6-5-7-15(17)16(14)19(12(2)3)11-13-8-9-13/h5-7,12-13,18H,4,8-11H2,1-3H3. The van der Waals surface area contributed by atoms with Crippen LogP contribution in [0.15, 0.2) is 18.2 Å². The summed E-state index contributed by atoms with van der Waals surface area (Å²) in [5.41, 5.74) is 1.86. The zero-order valence-corrected chi connectivity index (χ0v) is 12.2. The molecule has 0 radical (unpaired) electrons. The fourth-order valence-electron chi connectivity index (χ4n) is 2.42. The number of benzene rings is 1. The summed E-state index contributed by atoms with van der Waals surface area (Å²) in [4.78, 5) is 2.24. The van der Waals surface area contributed by atoms with E-state index < -0.39 is 0 Å². The predicted octanol–water partition coefficient (Wildman–Crippen LogP) is 3.56. The summed E-state index contributed by atoms with van der Waals surface area (Å²) < 4.78 is 14.3. The van der Waals surface area contributed by atoms with Crippen molar-refractivity contribution in [3.05, 3.63) is 29.6 Å².